The number of aliphatic carboxylic acids is 1. The van der Waals surface area contributed by atoms with Crippen LogP contribution in [0, 0.1) is 52.3 Å². The first-order valence-electron chi connectivity index (χ1n) is 14.4. The lowest BCUT2D eigenvalue weighted by Crippen LogP contribution is -2.62. The monoisotopic (exact) mass is 507 g/mol. The summed E-state index contributed by atoms with van der Waals surface area (Å²) in [5.41, 5.74) is -0.235. The van der Waals surface area contributed by atoms with Crippen LogP contribution in [0.4, 0.5) is 0 Å². The second-order valence-electron chi connectivity index (χ2n) is 13.7. The number of carboxylic acids is 1. The average molecular weight is 508 g/mol. The number of fused-ring (bicyclic) bond motifs is 5. The van der Waals surface area contributed by atoms with Crippen molar-refractivity contribution >= 4 is 11.9 Å². The number of aliphatic hydroxyl groups is 3. The van der Waals surface area contributed by atoms with Crippen LogP contribution in [0.15, 0.2) is 0 Å². The highest BCUT2D eigenvalue weighted by Gasteiger charge is 2.65. The first-order chi connectivity index (χ1) is 16.8. The summed E-state index contributed by atoms with van der Waals surface area (Å²) < 4.78 is 0. The summed E-state index contributed by atoms with van der Waals surface area (Å²) in [5, 5.41) is 45.4. The minimum absolute atomic E-state index is 0.0598. The molecule has 5 N–H and O–H groups in total. The van der Waals surface area contributed by atoms with Gasteiger partial charge in [0.05, 0.1) is 18.3 Å². The number of aliphatic hydroxyl groups excluding tert-OH is 3. The molecule has 0 heterocycles. The normalized spacial score (nSPS) is 45.8. The molecular weight excluding hydrogens is 458 g/mol. The van der Waals surface area contributed by atoms with Crippen molar-refractivity contribution < 1.29 is 30.0 Å². The number of carbonyl (C=O) groups excluding carboxylic acids is 1. The summed E-state index contributed by atoms with van der Waals surface area (Å²) in [6, 6.07) is -0.878. The Morgan fingerprint density at radius 1 is 0.972 bits per heavy atom. The van der Waals surface area contributed by atoms with Gasteiger partial charge in [-0.15, -0.1) is 0 Å². The SMILES string of the molecule is CC(CCC(=O)N[C@H](C(=O)O)C(C)C)C1CCC2C3C(O)CC4CC(O)CCC4(C)C3CC(O)C12C. The minimum atomic E-state index is -1.01. The van der Waals surface area contributed by atoms with Crippen molar-refractivity contribution in [1.82, 2.24) is 5.32 Å². The smallest absolute Gasteiger partial charge is 0.326 e. The number of hydrogen-bond donors (Lipinski definition) is 5. The van der Waals surface area contributed by atoms with Gasteiger partial charge in [-0.1, -0.05) is 34.6 Å². The molecule has 206 valence electrons. The fourth-order valence-electron chi connectivity index (χ4n) is 9.45. The number of nitrogens with one attached hydrogen (secondary N) is 1. The van der Waals surface area contributed by atoms with Gasteiger partial charge in [-0.05, 0) is 104 Å². The molecule has 0 aromatic carbocycles. The first-order valence-corrected chi connectivity index (χ1v) is 14.4. The predicted molar refractivity (Wildman–Crippen MR) is 137 cm³/mol. The van der Waals surface area contributed by atoms with Crippen molar-refractivity contribution in [3.63, 3.8) is 0 Å². The number of carbonyl (C=O) groups is 2. The van der Waals surface area contributed by atoms with E-state index in [2.05, 4.69) is 26.1 Å². The summed E-state index contributed by atoms with van der Waals surface area (Å²) in [5.74, 6) is 0.0761. The molecule has 0 aromatic rings. The lowest BCUT2D eigenvalue weighted by atomic mass is 9.43. The van der Waals surface area contributed by atoms with Crippen LogP contribution in [-0.4, -0.2) is 56.7 Å². The van der Waals surface area contributed by atoms with Crippen LogP contribution in [0.3, 0.4) is 0 Å². The third-order valence-electron chi connectivity index (χ3n) is 11.6. The van der Waals surface area contributed by atoms with Crippen LogP contribution in [-0.2, 0) is 9.59 Å². The highest BCUT2D eigenvalue weighted by atomic mass is 16.4. The number of rotatable bonds is 7. The average Bonchev–Trinajstić information content (AvgIpc) is 3.16. The molecule has 0 aromatic heterocycles. The zero-order valence-corrected chi connectivity index (χ0v) is 22.8. The highest BCUT2D eigenvalue weighted by Crippen LogP contribution is 2.68. The van der Waals surface area contributed by atoms with Gasteiger partial charge in [0.25, 0.3) is 0 Å². The van der Waals surface area contributed by atoms with Gasteiger partial charge in [0, 0.05) is 6.42 Å². The molecule has 4 aliphatic rings. The molecule has 0 bridgehead atoms. The molecule has 0 aliphatic heterocycles. The van der Waals surface area contributed by atoms with E-state index in [1.165, 1.54) is 0 Å². The van der Waals surface area contributed by atoms with Gasteiger partial charge >= 0.3 is 5.97 Å². The Bertz CT molecular complexity index is 833. The van der Waals surface area contributed by atoms with Crippen LogP contribution in [0.2, 0.25) is 0 Å². The fraction of sp³-hybridized carbons (Fsp3) is 0.931. The highest BCUT2D eigenvalue weighted by molar-refractivity contribution is 5.83. The molecule has 12 atom stereocenters. The summed E-state index contributed by atoms with van der Waals surface area (Å²) >= 11 is 0. The molecule has 0 saturated heterocycles. The fourth-order valence-corrected chi connectivity index (χ4v) is 9.45. The third kappa shape index (κ3) is 4.62. The second kappa shape index (κ2) is 10.2. The predicted octanol–water partition coefficient (Wildman–Crippen LogP) is 3.59. The molecule has 4 rings (SSSR count). The zero-order valence-electron chi connectivity index (χ0n) is 22.8. The van der Waals surface area contributed by atoms with Crippen molar-refractivity contribution in [2.75, 3.05) is 0 Å². The Morgan fingerprint density at radius 2 is 1.67 bits per heavy atom. The van der Waals surface area contributed by atoms with E-state index < -0.39 is 18.1 Å². The van der Waals surface area contributed by atoms with E-state index in [1.807, 2.05) is 0 Å². The molecule has 36 heavy (non-hydrogen) atoms. The molecular formula is C29H49NO6. The molecule has 4 saturated carbocycles. The van der Waals surface area contributed by atoms with E-state index in [4.69, 9.17) is 0 Å². The Morgan fingerprint density at radius 3 is 2.31 bits per heavy atom. The number of hydrogen-bond acceptors (Lipinski definition) is 5. The summed E-state index contributed by atoms with van der Waals surface area (Å²) in [4.78, 5) is 24.0. The van der Waals surface area contributed by atoms with Crippen LogP contribution >= 0.6 is 0 Å². The van der Waals surface area contributed by atoms with Gasteiger partial charge in [-0.2, -0.15) is 0 Å². The van der Waals surface area contributed by atoms with Crippen molar-refractivity contribution in [2.24, 2.45) is 52.3 Å². The van der Waals surface area contributed by atoms with E-state index in [1.54, 1.807) is 13.8 Å². The standard InChI is InChI=1S/C29H49NO6/c1-15(2)26(27(35)36)30-24(34)9-6-16(3)19-7-8-20-25-21(14-23(33)29(19,20)5)28(4)11-10-18(31)12-17(28)13-22(25)32/h15-23,25-26,31-33H,6-14H2,1-5H3,(H,30,34)(H,35,36)/t16?,17?,18?,19?,20?,21?,22?,23?,25?,26-,28?,29?/m0/s1. The molecule has 0 spiro atoms. The molecule has 7 nitrogen and oxygen atoms in total. The Hall–Kier alpha value is -1.18. The van der Waals surface area contributed by atoms with E-state index in [-0.39, 0.29) is 70.9 Å². The maximum Gasteiger partial charge on any atom is 0.326 e. The molecule has 7 heteroatoms. The van der Waals surface area contributed by atoms with Crippen LogP contribution in [0.25, 0.3) is 0 Å². The largest absolute Gasteiger partial charge is 0.480 e. The molecule has 4 aliphatic carbocycles. The first kappa shape index (κ1) is 27.8. The van der Waals surface area contributed by atoms with E-state index in [9.17, 15) is 30.0 Å². The van der Waals surface area contributed by atoms with E-state index in [0.29, 0.717) is 18.8 Å². The lowest BCUT2D eigenvalue weighted by Gasteiger charge is -2.63. The quantitative estimate of drug-likeness (QED) is 0.358. The summed E-state index contributed by atoms with van der Waals surface area (Å²) in [6.07, 6.45) is 5.79. The topological polar surface area (TPSA) is 127 Å². The number of carboxylic acid groups (broad SMARTS) is 1. The van der Waals surface area contributed by atoms with E-state index in [0.717, 1.165) is 38.5 Å². The van der Waals surface area contributed by atoms with Crippen molar-refractivity contribution in [2.45, 2.75) is 117 Å². The molecule has 4 fully saturated rings. The molecule has 0 radical (unpaired) electrons. The van der Waals surface area contributed by atoms with Crippen molar-refractivity contribution in [3.05, 3.63) is 0 Å². The van der Waals surface area contributed by atoms with Crippen LogP contribution in [0.5, 0.6) is 0 Å². The molecule has 11 unspecified atom stereocenters. The molecule has 1 amide bonds. The van der Waals surface area contributed by atoms with E-state index >= 15 is 0 Å². The Balaban J connectivity index is 1.46. The van der Waals surface area contributed by atoms with Gasteiger partial charge in [-0.3, -0.25) is 4.79 Å². The maximum atomic E-state index is 12.6. The lowest BCUT2D eigenvalue weighted by molar-refractivity contribution is -0.207. The van der Waals surface area contributed by atoms with Crippen LogP contribution < -0.4 is 5.32 Å². The van der Waals surface area contributed by atoms with Crippen LogP contribution in [0.1, 0.15) is 92.4 Å². The van der Waals surface area contributed by atoms with Gasteiger partial charge < -0.3 is 25.7 Å². The maximum absolute atomic E-state index is 12.6. The third-order valence-corrected chi connectivity index (χ3v) is 11.6. The summed E-state index contributed by atoms with van der Waals surface area (Å²) in [6.45, 7) is 10.3. The Labute approximate surface area is 216 Å². The van der Waals surface area contributed by atoms with Gasteiger partial charge in [0.2, 0.25) is 5.91 Å². The van der Waals surface area contributed by atoms with Crippen molar-refractivity contribution in [1.29, 1.82) is 0 Å². The van der Waals surface area contributed by atoms with Gasteiger partial charge in [-0.25, -0.2) is 4.79 Å². The number of amides is 1. The summed E-state index contributed by atoms with van der Waals surface area (Å²) in [7, 11) is 0. The Kier molecular flexibility index (Phi) is 7.87. The van der Waals surface area contributed by atoms with Crippen molar-refractivity contribution in [3.8, 4) is 0 Å². The second-order valence-corrected chi connectivity index (χ2v) is 13.7. The van der Waals surface area contributed by atoms with Gasteiger partial charge in [0.1, 0.15) is 6.04 Å². The van der Waals surface area contributed by atoms with Gasteiger partial charge in [0.15, 0.2) is 0 Å². The zero-order chi connectivity index (χ0) is 26.6. The minimum Gasteiger partial charge on any atom is -0.480 e.